The van der Waals surface area contributed by atoms with E-state index in [4.69, 9.17) is 15.2 Å². The van der Waals surface area contributed by atoms with Gasteiger partial charge in [-0.15, -0.1) is 0 Å². The van der Waals surface area contributed by atoms with E-state index in [-0.39, 0.29) is 6.10 Å². The fourth-order valence-electron chi connectivity index (χ4n) is 3.44. The molecule has 4 heteroatoms. The van der Waals surface area contributed by atoms with Crippen molar-refractivity contribution in [3.8, 4) is 5.75 Å². The summed E-state index contributed by atoms with van der Waals surface area (Å²) in [5.74, 6) is 0.891. The number of anilines is 1. The highest BCUT2D eigenvalue weighted by atomic mass is 16.5. The van der Waals surface area contributed by atoms with Crippen molar-refractivity contribution in [1.29, 1.82) is 0 Å². The smallest absolute Gasteiger partial charge is 0.340 e. The largest absolute Gasteiger partial charge is 0.490 e. The van der Waals surface area contributed by atoms with Gasteiger partial charge in [-0.2, -0.15) is 0 Å². The molecule has 116 valence electrons. The highest BCUT2D eigenvalue weighted by molar-refractivity contribution is 5.95. The van der Waals surface area contributed by atoms with Gasteiger partial charge in [0.25, 0.3) is 0 Å². The van der Waals surface area contributed by atoms with Gasteiger partial charge in [0.1, 0.15) is 5.75 Å². The molecule has 1 aromatic rings. The lowest BCUT2D eigenvalue weighted by Gasteiger charge is -2.38. The Balaban J connectivity index is 2.14. The van der Waals surface area contributed by atoms with Gasteiger partial charge in [-0.05, 0) is 48.8 Å². The van der Waals surface area contributed by atoms with Crippen LogP contribution in [0.25, 0.3) is 0 Å². The third-order valence-electron chi connectivity index (χ3n) is 4.08. The van der Waals surface area contributed by atoms with E-state index < -0.39 is 5.97 Å². The molecule has 1 fully saturated rings. The van der Waals surface area contributed by atoms with Crippen LogP contribution in [0.2, 0.25) is 0 Å². The minimum Gasteiger partial charge on any atom is -0.490 e. The topological polar surface area (TPSA) is 61.5 Å². The number of rotatable bonds is 3. The standard InChI is InChI=1S/C17H25NO3/c1-11-7-13(10-17(2,3)9-11)21-12-5-6-15(18)14(8-12)16(19)20-4/h5-6,8,11,13H,7,9-10,18H2,1-4H3. The van der Waals surface area contributed by atoms with E-state index in [1.54, 1.807) is 12.1 Å². The normalized spacial score (nSPS) is 24.4. The van der Waals surface area contributed by atoms with Crippen molar-refractivity contribution in [2.45, 2.75) is 46.1 Å². The molecule has 1 aliphatic carbocycles. The summed E-state index contributed by atoms with van der Waals surface area (Å²) in [6.45, 7) is 6.82. The van der Waals surface area contributed by atoms with Crippen LogP contribution in [0.5, 0.6) is 5.75 Å². The molecule has 21 heavy (non-hydrogen) atoms. The molecule has 4 nitrogen and oxygen atoms in total. The highest BCUT2D eigenvalue weighted by Crippen LogP contribution is 2.40. The first-order chi connectivity index (χ1) is 9.80. The fourth-order valence-corrected chi connectivity index (χ4v) is 3.44. The van der Waals surface area contributed by atoms with E-state index in [1.165, 1.54) is 13.5 Å². The van der Waals surface area contributed by atoms with Crippen LogP contribution in [-0.2, 0) is 4.74 Å². The zero-order chi connectivity index (χ0) is 15.6. The van der Waals surface area contributed by atoms with Crippen molar-refractivity contribution in [2.75, 3.05) is 12.8 Å². The Morgan fingerprint density at radius 3 is 2.67 bits per heavy atom. The molecule has 2 unspecified atom stereocenters. The number of methoxy groups -OCH3 is 1. The molecule has 1 saturated carbocycles. The Bertz CT molecular complexity index is 525. The Morgan fingerprint density at radius 2 is 2.05 bits per heavy atom. The van der Waals surface area contributed by atoms with Gasteiger partial charge < -0.3 is 15.2 Å². The minimum atomic E-state index is -0.435. The predicted molar refractivity (Wildman–Crippen MR) is 83.4 cm³/mol. The predicted octanol–water partition coefficient (Wildman–Crippen LogP) is 3.65. The zero-order valence-electron chi connectivity index (χ0n) is 13.3. The third-order valence-corrected chi connectivity index (χ3v) is 4.08. The lowest BCUT2D eigenvalue weighted by Crippen LogP contribution is -2.34. The first-order valence-electron chi connectivity index (χ1n) is 7.45. The Hall–Kier alpha value is -1.71. The van der Waals surface area contributed by atoms with Crippen LogP contribution in [0.1, 0.15) is 50.4 Å². The van der Waals surface area contributed by atoms with Crippen LogP contribution < -0.4 is 10.5 Å². The average Bonchev–Trinajstić information content (AvgIpc) is 2.37. The molecule has 1 aromatic carbocycles. The first kappa shape index (κ1) is 15.7. The van der Waals surface area contributed by atoms with Crippen LogP contribution >= 0.6 is 0 Å². The molecule has 0 amide bonds. The molecule has 2 rings (SSSR count). The highest BCUT2D eigenvalue weighted by Gasteiger charge is 2.33. The van der Waals surface area contributed by atoms with Crippen LogP contribution in [-0.4, -0.2) is 19.2 Å². The molecule has 2 N–H and O–H groups in total. The van der Waals surface area contributed by atoms with E-state index >= 15 is 0 Å². The van der Waals surface area contributed by atoms with Gasteiger partial charge in [0.2, 0.25) is 0 Å². The van der Waals surface area contributed by atoms with Gasteiger partial charge in [-0.3, -0.25) is 0 Å². The van der Waals surface area contributed by atoms with Crippen LogP contribution in [0.4, 0.5) is 5.69 Å². The summed E-state index contributed by atoms with van der Waals surface area (Å²) >= 11 is 0. The molecule has 2 atom stereocenters. The van der Waals surface area contributed by atoms with Gasteiger partial charge in [-0.25, -0.2) is 4.79 Å². The SMILES string of the molecule is COC(=O)c1cc(OC2CC(C)CC(C)(C)C2)ccc1N. The number of esters is 1. The van der Waals surface area contributed by atoms with E-state index in [2.05, 4.69) is 20.8 Å². The molecule has 0 spiro atoms. The minimum absolute atomic E-state index is 0.179. The Morgan fingerprint density at radius 1 is 1.33 bits per heavy atom. The van der Waals surface area contributed by atoms with Gasteiger partial charge in [-0.1, -0.05) is 20.8 Å². The summed E-state index contributed by atoms with van der Waals surface area (Å²) in [6, 6.07) is 5.18. The summed E-state index contributed by atoms with van der Waals surface area (Å²) in [5, 5.41) is 0. The maximum atomic E-state index is 11.7. The monoisotopic (exact) mass is 291 g/mol. The number of nitrogen functional groups attached to an aromatic ring is 1. The lowest BCUT2D eigenvalue weighted by atomic mass is 9.71. The number of benzene rings is 1. The molecule has 0 heterocycles. The second kappa shape index (κ2) is 5.96. The number of nitrogens with two attached hydrogens (primary N) is 1. The second-order valence-electron chi connectivity index (χ2n) is 6.89. The summed E-state index contributed by atoms with van der Waals surface area (Å²) in [5.41, 5.74) is 6.87. The molecule has 0 bridgehead atoms. The number of hydrogen-bond acceptors (Lipinski definition) is 4. The molecule has 1 aliphatic rings. The van der Waals surface area contributed by atoms with Crippen molar-refractivity contribution >= 4 is 11.7 Å². The van der Waals surface area contributed by atoms with Gasteiger partial charge >= 0.3 is 5.97 Å². The summed E-state index contributed by atoms with van der Waals surface area (Å²) in [4.78, 5) is 11.7. The van der Waals surface area contributed by atoms with E-state index in [1.807, 2.05) is 6.07 Å². The van der Waals surface area contributed by atoms with Crippen molar-refractivity contribution < 1.29 is 14.3 Å². The summed E-state index contributed by atoms with van der Waals surface area (Å²) in [6.07, 6.45) is 3.47. The maximum Gasteiger partial charge on any atom is 0.340 e. The van der Waals surface area contributed by atoms with Gasteiger partial charge in [0.05, 0.1) is 18.8 Å². The van der Waals surface area contributed by atoms with Crippen molar-refractivity contribution in [3.05, 3.63) is 23.8 Å². The molecular formula is C17H25NO3. The zero-order valence-corrected chi connectivity index (χ0v) is 13.3. The quantitative estimate of drug-likeness (QED) is 0.682. The first-order valence-corrected chi connectivity index (χ1v) is 7.45. The molecule has 0 radical (unpaired) electrons. The van der Waals surface area contributed by atoms with Crippen molar-refractivity contribution in [1.82, 2.24) is 0 Å². The number of carbonyl (C=O) groups excluding carboxylic acids is 1. The molecule has 0 aromatic heterocycles. The van der Waals surface area contributed by atoms with Crippen LogP contribution in [0.3, 0.4) is 0 Å². The van der Waals surface area contributed by atoms with E-state index in [0.29, 0.717) is 28.3 Å². The van der Waals surface area contributed by atoms with Crippen LogP contribution in [0, 0.1) is 11.3 Å². The van der Waals surface area contributed by atoms with E-state index in [9.17, 15) is 4.79 Å². The summed E-state index contributed by atoms with van der Waals surface area (Å²) < 4.78 is 10.8. The Kier molecular flexibility index (Phi) is 4.45. The number of hydrogen-bond donors (Lipinski definition) is 1. The fraction of sp³-hybridized carbons (Fsp3) is 0.588. The molecule has 0 saturated heterocycles. The maximum absolute atomic E-state index is 11.7. The van der Waals surface area contributed by atoms with Gasteiger partial charge in [0, 0.05) is 5.69 Å². The lowest BCUT2D eigenvalue weighted by molar-refractivity contribution is 0.0548. The van der Waals surface area contributed by atoms with Crippen molar-refractivity contribution in [3.63, 3.8) is 0 Å². The molecule has 0 aliphatic heterocycles. The average molecular weight is 291 g/mol. The Labute approximate surface area is 126 Å². The van der Waals surface area contributed by atoms with Gasteiger partial charge in [0.15, 0.2) is 0 Å². The van der Waals surface area contributed by atoms with Crippen molar-refractivity contribution in [2.24, 2.45) is 11.3 Å². The summed E-state index contributed by atoms with van der Waals surface area (Å²) in [7, 11) is 1.35. The number of carbonyl (C=O) groups is 1. The molecular weight excluding hydrogens is 266 g/mol. The second-order valence-corrected chi connectivity index (χ2v) is 6.89. The number of ether oxygens (including phenoxy) is 2. The third kappa shape index (κ3) is 3.90. The van der Waals surface area contributed by atoms with Crippen LogP contribution in [0.15, 0.2) is 18.2 Å². The van der Waals surface area contributed by atoms with E-state index in [0.717, 1.165) is 12.8 Å².